The zero-order chi connectivity index (χ0) is 24.0. The Kier molecular flexibility index (Phi) is 8.22. The maximum absolute atomic E-state index is 13.1. The topological polar surface area (TPSA) is 85.9 Å². The van der Waals surface area contributed by atoms with Crippen LogP contribution in [0.2, 0.25) is 5.02 Å². The van der Waals surface area contributed by atoms with Crippen molar-refractivity contribution in [2.45, 2.75) is 52.4 Å². The SMILES string of the molecule is CCCC1=C(C(=O)OC(C)C)C(c2cccc(OC)c2OCc2cccc(Cl)c2)NC(=O)N1. The lowest BCUT2D eigenvalue weighted by molar-refractivity contribution is -0.143. The molecular weight excluding hydrogens is 444 g/mol. The fourth-order valence-corrected chi connectivity index (χ4v) is 3.89. The lowest BCUT2D eigenvalue weighted by atomic mass is 9.92. The molecule has 176 valence electrons. The van der Waals surface area contributed by atoms with Crippen molar-refractivity contribution in [1.82, 2.24) is 10.6 Å². The molecule has 2 amide bonds. The second-order valence-electron chi connectivity index (χ2n) is 7.92. The van der Waals surface area contributed by atoms with Crippen molar-refractivity contribution in [3.63, 3.8) is 0 Å². The second-order valence-corrected chi connectivity index (χ2v) is 8.36. The zero-order valence-electron chi connectivity index (χ0n) is 19.2. The fraction of sp³-hybridized carbons (Fsp3) is 0.360. The van der Waals surface area contributed by atoms with Gasteiger partial charge in [0.05, 0.1) is 24.8 Å². The number of hydrogen-bond donors (Lipinski definition) is 2. The molecule has 1 aliphatic heterocycles. The molecule has 0 saturated carbocycles. The third-order valence-corrected chi connectivity index (χ3v) is 5.26. The highest BCUT2D eigenvalue weighted by Crippen LogP contribution is 2.40. The van der Waals surface area contributed by atoms with Gasteiger partial charge in [0, 0.05) is 16.3 Å². The summed E-state index contributed by atoms with van der Waals surface area (Å²) in [5.41, 5.74) is 2.36. The summed E-state index contributed by atoms with van der Waals surface area (Å²) in [4.78, 5) is 25.6. The molecule has 3 rings (SSSR count). The highest BCUT2D eigenvalue weighted by molar-refractivity contribution is 6.30. The Morgan fingerprint density at radius 1 is 1.18 bits per heavy atom. The molecule has 1 atom stereocenters. The van der Waals surface area contributed by atoms with E-state index in [4.69, 9.17) is 25.8 Å². The lowest BCUT2D eigenvalue weighted by Gasteiger charge is -2.31. The summed E-state index contributed by atoms with van der Waals surface area (Å²) < 4.78 is 17.2. The fourth-order valence-electron chi connectivity index (χ4n) is 3.67. The Labute approximate surface area is 199 Å². The average molecular weight is 473 g/mol. The number of allylic oxidation sites excluding steroid dienone is 1. The Morgan fingerprint density at radius 3 is 2.61 bits per heavy atom. The normalized spacial score (nSPS) is 15.7. The van der Waals surface area contributed by atoms with Crippen LogP contribution in [0.3, 0.4) is 0 Å². The highest BCUT2D eigenvalue weighted by Gasteiger charge is 2.36. The van der Waals surface area contributed by atoms with Gasteiger partial charge < -0.3 is 24.8 Å². The van der Waals surface area contributed by atoms with Gasteiger partial charge in [0.1, 0.15) is 6.61 Å². The van der Waals surface area contributed by atoms with E-state index >= 15 is 0 Å². The number of para-hydroxylation sites is 1. The van der Waals surface area contributed by atoms with E-state index in [2.05, 4.69) is 10.6 Å². The maximum atomic E-state index is 13.1. The van der Waals surface area contributed by atoms with Crippen LogP contribution < -0.4 is 20.1 Å². The summed E-state index contributed by atoms with van der Waals surface area (Å²) in [6.45, 7) is 5.77. The van der Waals surface area contributed by atoms with E-state index < -0.39 is 18.0 Å². The van der Waals surface area contributed by atoms with E-state index in [9.17, 15) is 9.59 Å². The van der Waals surface area contributed by atoms with Gasteiger partial charge in [-0.15, -0.1) is 0 Å². The van der Waals surface area contributed by atoms with Crippen molar-refractivity contribution in [1.29, 1.82) is 0 Å². The van der Waals surface area contributed by atoms with E-state index in [1.165, 1.54) is 0 Å². The number of hydrogen-bond acceptors (Lipinski definition) is 5. The minimum absolute atomic E-state index is 0.226. The number of carbonyl (C=O) groups is 2. The molecule has 0 fully saturated rings. The van der Waals surface area contributed by atoms with Gasteiger partial charge in [-0.3, -0.25) is 0 Å². The first-order chi connectivity index (χ1) is 15.8. The molecule has 1 heterocycles. The van der Waals surface area contributed by atoms with Gasteiger partial charge in [-0.05, 0) is 44.0 Å². The van der Waals surface area contributed by atoms with Gasteiger partial charge in [0.2, 0.25) is 0 Å². The summed E-state index contributed by atoms with van der Waals surface area (Å²) in [6.07, 6.45) is 0.960. The maximum Gasteiger partial charge on any atom is 0.338 e. The number of benzene rings is 2. The average Bonchev–Trinajstić information content (AvgIpc) is 2.76. The Morgan fingerprint density at radius 2 is 1.94 bits per heavy atom. The van der Waals surface area contributed by atoms with Gasteiger partial charge in [0.25, 0.3) is 0 Å². The van der Waals surface area contributed by atoms with Crippen molar-refractivity contribution < 1.29 is 23.8 Å². The first-order valence-corrected chi connectivity index (χ1v) is 11.3. The number of carbonyl (C=O) groups excluding carboxylic acids is 2. The number of ether oxygens (including phenoxy) is 3. The molecule has 8 heteroatoms. The van der Waals surface area contributed by atoms with Crippen molar-refractivity contribution in [3.8, 4) is 11.5 Å². The minimum atomic E-state index is -0.768. The molecule has 1 aliphatic rings. The zero-order valence-corrected chi connectivity index (χ0v) is 20.0. The molecule has 2 aromatic carbocycles. The molecule has 0 saturated heterocycles. The number of urea groups is 1. The van der Waals surface area contributed by atoms with Crippen LogP contribution in [0.5, 0.6) is 11.5 Å². The van der Waals surface area contributed by atoms with E-state index in [0.29, 0.717) is 39.8 Å². The number of amides is 2. The van der Waals surface area contributed by atoms with Crippen LogP contribution in [0.1, 0.15) is 50.8 Å². The highest BCUT2D eigenvalue weighted by atomic mass is 35.5. The molecule has 2 aromatic rings. The lowest BCUT2D eigenvalue weighted by Crippen LogP contribution is -2.46. The van der Waals surface area contributed by atoms with Gasteiger partial charge in [-0.25, -0.2) is 9.59 Å². The summed E-state index contributed by atoms with van der Waals surface area (Å²) in [7, 11) is 1.54. The number of halogens is 1. The number of esters is 1. The van der Waals surface area contributed by atoms with Crippen molar-refractivity contribution >= 4 is 23.6 Å². The molecular formula is C25H29ClN2O5. The summed E-state index contributed by atoms with van der Waals surface area (Å²) >= 11 is 6.10. The van der Waals surface area contributed by atoms with E-state index in [-0.39, 0.29) is 12.7 Å². The quantitative estimate of drug-likeness (QED) is 0.484. The molecule has 7 nitrogen and oxygen atoms in total. The van der Waals surface area contributed by atoms with Gasteiger partial charge in [0.15, 0.2) is 11.5 Å². The number of nitrogens with one attached hydrogen (secondary N) is 2. The summed E-state index contributed by atoms with van der Waals surface area (Å²) in [5, 5.41) is 6.24. The standard InChI is InChI=1S/C25H29ClN2O5/c1-5-8-19-21(24(29)33-15(2)3)22(28-25(30)27-19)18-11-7-12-20(31-4)23(18)32-14-16-9-6-10-17(26)13-16/h6-7,9-13,15,22H,5,8,14H2,1-4H3,(H2,27,28,30). The molecule has 0 radical (unpaired) electrons. The second kappa shape index (κ2) is 11.1. The predicted octanol–water partition coefficient (Wildman–Crippen LogP) is 5.29. The van der Waals surface area contributed by atoms with Gasteiger partial charge in [-0.2, -0.15) is 0 Å². The molecule has 1 unspecified atom stereocenters. The molecule has 2 N–H and O–H groups in total. The first kappa shape index (κ1) is 24.5. The van der Waals surface area contributed by atoms with E-state index in [1.807, 2.05) is 25.1 Å². The molecule has 0 bridgehead atoms. The van der Waals surface area contributed by atoms with Crippen LogP contribution in [0, 0.1) is 0 Å². The monoisotopic (exact) mass is 472 g/mol. The van der Waals surface area contributed by atoms with Crippen molar-refractivity contribution in [2.75, 3.05) is 7.11 Å². The smallest absolute Gasteiger partial charge is 0.338 e. The molecule has 0 aromatic heterocycles. The van der Waals surface area contributed by atoms with Gasteiger partial charge in [-0.1, -0.05) is 49.2 Å². The van der Waals surface area contributed by atoms with Crippen LogP contribution in [-0.4, -0.2) is 25.2 Å². The molecule has 0 aliphatic carbocycles. The largest absolute Gasteiger partial charge is 0.493 e. The van der Waals surface area contributed by atoms with Crippen LogP contribution in [0.15, 0.2) is 53.7 Å². The third kappa shape index (κ3) is 5.99. The Hall–Kier alpha value is -3.19. The first-order valence-electron chi connectivity index (χ1n) is 10.9. The van der Waals surface area contributed by atoms with Crippen molar-refractivity contribution in [2.24, 2.45) is 0 Å². The minimum Gasteiger partial charge on any atom is -0.493 e. The summed E-state index contributed by atoms with van der Waals surface area (Å²) in [5.74, 6) is 0.420. The van der Waals surface area contributed by atoms with Crippen LogP contribution in [0.25, 0.3) is 0 Å². The number of methoxy groups -OCH3 is 1. The van der Waals surface area contributed by atoms with Crippen LogP contribution >= 0.6 is 11.6 Å². The van der Waals surface area contributed by atoms with E-state index in [1.54, 1.807) is 45.2 Å². The van der Waals surface area contributed by atoms with Crippen molar-refractivity contribution in [3.05, 3.63) is 69.9 Å². The molecule has 33 heavy (non-hydrogen) atoms. The van der Waals surface area contributed by atoms with Crippen LogP contribution in [0.4, 0.5) is 4.79 Å². The van der Waals surface area contributed by atoms with E-state index in [0.717, 1.165) is 12.0 Å². The van der Waals surface area contributed by atoms with Crippen LogP contribution in [-0.2, 0) is 16.1 Å². The Balaban J connectivity index is 2.07. The summed E-state index contributed by atoms with van der Waals surface area (Å²) in [6, 6.07) is 11.5. The third-order valence-electron chi connectivity index (χ3n) is 5.03. The molecule has 0 spiro atoms. The predicted molar refractivity (Wildman–Crippen MR) is 126 cm³/mol. The van der Waals surface area contributed by atoms with Gasteiger partial charge >= 0.3 is 12.0 Å². The Bertz CT molecular complexity index is 1050. The number of rotatable bonds is 9.